The van der Waals surface area contributed by atoms with Crippen LogP contribution < -0.4 is 5.32 Å². The van der Waals surface area contributed by atoms with Crippen LogP contribution in [0.4, 0.5) is 4.79 Å². The van der Waals surface area contributed by atoms with E-state index in [1.165, 1.54) is 18.8 Å². The molecule has 1 heterocycles. The topological polar surface area (TPSA) is 59.9 Å². The Hall–Kier alpha value is -0.750. The van der Waals surface area contributed by atoms with Crippen LogP contribution in [0.5, 0.6) is 0 Å². The van der Waals surface area contributed by atoms with Gasteiger partial charge < -0.3 is 10.1 Å². The van der Waals surface area contributed by atoms with E-state index in [1.807, 2.05) is 27.7 Å². The van der Waals surface area contributed by atoms with Crippen molar-refractivity contribution in [2.45, 2.75) is 38.2 Å². The van der Waals surface area contributed by atoms with Crippen LogP contribution in [-0.4, -0.2) is 28.7 Å². The van der Waals surface area contributed by atoms with E-state index >= 15 is 0 Å². The van der Waals surface area contributed by atoms with Crippen molar-refractivity contribution in [1.29, 1.82) is 0 Å². The minimum absolute atomic E-state index is 0.339. The predicted molar refractivity (Wildman–Crippen MR) is 59.8 cm³/mol. The standard InChI is InChI=1S/C9H16N2O3S/c1-8(2)6(11-13-7(12)10-5)15-9(3,4)14-8/h1-5H3,(H,10,12). The van der Waals surface area contributed by atoms with Gasteiger partial charge in [0.05, 0.1) is 0 Å². The molecule has 0 bridgehead atoms. The summed E-state index contributed by atoms with van der Waals surface area (Å²) in [6, 6.07) is 0. The third-order valence-corrected chi connectivity index (χ3v) is 3.11. The van der Waals surface area contributed by atoms with E-state index in [2.05, 4.69) is 15.3 Å². The molecule has 1 N–H and O–H groups in total. The number of hydrogen-bond acceptors (Lipinski definition) is 5. The summed E-state index contributed by atoms with van der Waals surface area (Å²) in [7, 11) is 1.48. The van der Waals surface area contributed by atoms with E-state index in [4.69, 9.17) is 4.74 Å². The van der Waals surface area contributed by atoms with Crippen LogP contribution >= 0.6 is 11.8 Å². The first-order chi connectivity index (χ1) is 6.77. The first kappa shape index (κ1) is 12.3. The van der Waals surface area contributed by atoms with Crippen molar-refractivity contribution in [3.63, 3.8) is 0 Å². The molecule has 86 valence electrons. The van der Waals surface area contributed by atoms with Gasteiger partial charge in [-0.3, -0.25) is 4.84 Å². The fourth-order valence-electron chi connectivity index (χ4n) is 1.29. The highest BCUT2D eigenvalue weighted by molar-refractivity contribution is 8.15. The fraction of sp³-hybridized carbons (Fsp3) is 0.778. The minimum atomic E-state index is -0.580. The molecular weight excluding hydrogens is 216 g/mol. The second-order valence-corrected chi connectivity index (χ2v) is 5.71. The maximum Gasteiger partial charge on any atom is 0.433 e. The molecule has 6 heteroatoms. The summed E-state index contributed by atoms with van der Waals surface area (Å²) in [6.07, 6.45) is -0.580. The van der Waals surface area contributed by atoms with Gasteiger partial charge in [-0.2, -0.15) is 0 Å². The molecule has 0 spiro atoms. The highest BCUT2D eigenvalue weighted by Gasteiger charge is 2.45. The van der Waals surface area contributed by atoms with Crippen LogP contribution in [0.1, 0.15) is 27.7 Å². The number of amides is 1. The van der Waals surface area contributed by atoms with E-state index in [-0.39, 0.29) is 4.93 Å². The van der Waals surface area contributed by atoms with Gasteiger partial charge in [-0.1, -0.05) is 16.9 Å². The van der Waals surface area contributed by atoms with Crippen LogP contribution in [0.25, 0.3) is 0 Å². The molecule has 1 amide bonds. The Labute approximate surface area is 93.6 Å². The van der Waals surface area contributed by atoms with Gasteiger partial charge in [-0.05, 0) is 27.7 Å². The molecule has 1 saturated heterocycles. The summed E-state index contributed by atoms with van der Waals surface area (Å²) in [5, 5.41) is 6.77. The quantitative estimate of drug-likeness (QED) is 0.554. The number of ether oxygens (including phenoxy) is 1. The van der Waals surface area contributed by atoms with E-state index in [9.17, 15) is 4.79 Å². The number of hydrogen-bond donors (Lipinski definition) is 1. The average molecular weight is 232 g/mol. The van der Waals surface area contributed by atoms with Crippen LogP contribution in [0.3, 0.4) is 0 Å². The molecule has 0 aromatic heterocycles. The van der Waals surface area contributed by atoms with Gasteiger partial charge >= 0.3 is 6.09 Å². The third kappa shape index (κ3) is 3.10. The van der Waals surface area contributed by atoms with Gasteiger partial charge in [0.2, 0.25) is 0 Å². The van der Waals surface area contributed by atoms with Crippen molar-refractivity contribution < 1.29 is 14.4 Å². The number of nitrogens with zero attached hydrogens (tertiary/aromatic N) is 1. The third-order valence-electron chi connectivity index (χ3n) is 1.77. The van der Waals surface area contributed by atoms with Crippen molar-refractivity contribution in [2.24, 2.45) is 5.16 Å². The number of oxime groups is 1. The summed E-state index contributed by atoms with van der Waals surface area (Å²) in [5.41, 5.74) is -0.512. The normalized spacial score (nSPS) is 25.3. The monoisotopic (exact) mass is 232 g/mol. The Morgan fingerprint density at radius 3 is 2.47 bits per heavy atom. The second kappa shape index (κ2) is 4.02. The lowest BCUT2D eigenvalue weighted by molar-refractivity contribution is -0.0195. The number of nitrogens with one attached hydrogen (secondary N) is 1. The summed E-state index contributed by atoms with van der Waals surface area (Å²) in [6.45, 7) is 7.67. The van der Waals surface area contributed by atoms with E-state index in [0.29, 0.717) is 5.04 Å². The highest BCUT2D eigenvalue weighted by atomic mass is 32.2. The lowest BCUT2D eigenvalue weighted by Gasteiger charge is -2.21. The molecule has 1 aliphatic heterocycles. The number of rotatable bonds is 1. The van der Waals surface area contributed by atoms with Gasteiger partial charge in [-0.15, -0.1) is 0 Å². The van der Waals surface area contributed by atoms with Crippen LogP contribution in [0.2, 0.25) is 0 Å². The molecule has 0 saturated carbocycles. The molecule has 15 heavy (non-hydrogen) atoms. The Balaban J connectivity index is 2.74. The Kier molecular flexibility index (Phi) is 3.30. The lowest BCUT2D eigenvalue weighted by Crippen LogP contribution is -2.30. The number of thioether (sulfide) groups is 1. The van der Waals surface area contributed by atoms with E-state index in [1.54, 1.807) is 0 Å². The first-order valence-corrected chi connectivity index (χ1v) is 5.45. The molecule has 1 fully saturated rings. The molecule has 0 aliphatic carbocycles. The van der Waals surface area contributed by atoms with Crippen molar-refractivity contribution in [2.75, 3.05) is 7.05 Å². The molecule has 0 aromatic rings. The van der Waals surface area contributed by atoms with Crippen molar-refractivity contribution in [3.8, 4) is 0 Å². The largest absolute Gasteiger partial charge is 0.433 e. The average Bonchev–Trinajstić information content (AvgIpc) is 2.29. The van der Waals surface area contributed by atoms with Crippen LogP contribution in [0.15, 0.2) is 5.16 Å². The molecule has 5 nitrogen and oxygen atoms in total. The van der Waals surface area contributed by atoms with Crippen LogP contribution in [-0.2, 0) is 9.57 Å². The van der Waals surface area contributed by atoms with Gasteiger partial charge in [-0.25, -0.2) is 4.79 Å². The Morgan fingerprint density at radius 1 is 1.47 bits per heavy atom. The maximum atomic E-state index is 10.9. The zero-order valence-electron chi connectivity index (χ0n) is 9.58. The van der Waals surface area contributed by atoms with Gasteiger partial charge in [0.1, 0.15) is 15.6 Å². The Bertz CT molecular complexity index is 300. The number of carbonyl (C=O) groups is 1. The predicted octanol–water partition coefficient (Wildman–Crippen LogP) is 1.93. The molecule has 0 aromatic carbocycles. The summed E-state index contributed by atoms with van der Waals surface area (Å²) >= 11 is 1.45. The van der Waals surface area contributed by atoms with Gasteiger partial charge in [0, 0.05) is 7.05 Å². The highest BCUT2D eigenvalue weighted by Crippen LogP contribution is 2.43. The minimum Gasteiger partial charge on any atom is -0.352 e. The second-order valence-electron chi connectivity index (χ2n) is 4.14. The Morgan fingerprint density at radius 2 is 2.07 bits per heavy atom. The SMILES string of the molecule is CNC(=O)ON=C1SC(C)(C)OC1(C)C. The number of carbonyl (C=O) groups excluding carboxylic acids is 1. The molecular formula is C9H16N2O3S. The van der Waals surface area contributed by atoms with Crippen molar-refractivity contribution >= 4 is 22.9 Å². The van der Waals surface area contributed by atoms with Gasteiger partial charge in [0.15, 0.2) is 0 Å². The summed E-state index contributed by atoms with van der Waals surface area (Å²) in [4.78, 5) is 15.2. The van der Waals surface area contributed by atoms with Crippen molar-refractivity contribution in [3.05, 3.63) is 0 Å². The first-order valence-electron chi connectivity index (χ1n) is 4.63. The smallest absolute Gasteiger partial charge is 0.352 e. The molecule has 1 aliphatic rings. The molecule has 0 unspecified atom stereocenters. The zero-order valence-corrected chi connectivity index (χ0v) is 10.4. The molecule has 1 rings (SSSR count). The van der Waals surface area contributed by atoms with E-state index < -0.39 is 11.7 Å². The molecule has 0 radical (unpaired) electrons. The zero-order chi connectivity index (χ0) is 11.7. The molecule has 0 atom stereocenters. The summed E-state index contributed by atoms with van der Waals surface area (Å²) < 4.78 is 5.74. The van der Waals surface area contributed by atoms with Gasteiger partial charge in [0.25, 0.3) is 0 Å². The maximum absolute atomic E-state index is 10.9. The lowest BCUT2D eigenvalue weighted by atomic mass is 10.1. The fourth-order valence-corrected chi connectivity index (χ4v) is 2.37. The van der Waals surface area contributed by atoms with E-state index in [0.717, 1.165) is 0 Å². The van der Waals surface area contributed by atoms with Crippen LogP contribution in [0, 0.1) is 0 Å². The van der Waals surface area contributed by atoms with Crippen molar-refractivity contribution in [1.82, 2.24) is 5.32 Å². The summed E-state index contributed by atoms with van der Waals surface area (Å²) in [5.74, 6) is 0.